The van der Waals surface area contributed by atoms with Gasteiger partial charge in [-0.3, -0.25) is 5.41 Å². The van der Waals surface area contributed by atoms with E-state index < -0.39 is 10.5 Å². The molecule has 14 heteroatoms. The summed E-state index contributed by atoms with van der Waals surface area (Å²) in [5.74, 6) is -1.19. The van der Waals surface area contributed by atoms with Crippen LogP contribution in [0.25, 0.3) is 11.1 Å². The van der Waals surface area contributed by atoms with Crippen LogP contribution in [0, 0.1) is 21.3 Å². The van der Waals surface area contributed by atoms with Crippen LogP contribution in [0.5, 0.6) is 0 Å². The Hall–Kier alpha value is -4.01. The van der Waals surface area contributed by atoms with Gasteiger partial charge in [0.1, 0.15) is 23.5 Å². The van der Waals surface area contributed by atoms with Gasteiger partial charge < -0.3 is 21.6 Å². The van der Waals surface area contributed by atoms with Crippen LogP contribution in [0.3, 0.4) is 0 Å². The first-order valence-electron chi connectivity index (χ1n) is 10.4. The van der Waals surface area contributed by atoms with Gasteiger partial charge in [-0.15, -0.1) is 4.94 Å². The highest BCUT2D eigenvalue weighted by atomic mass is 79.9. The second kappa shape index (κ2) is 9.22. The molecule has 12 nitrogen and oxygen atoms in total. The molecule has 4 rings (SSSR count). The molecule has 0 bridgehead atoms. The molecular formula is C22H22BrFN8O4. The summed E-state index contributed by atoms with van der Waals surface area (Å²) in [6, 6.07) is 11.7. The second-order valence-corrected chi connectivity index (χ2v) is 9.17. The zero-order valence-corrected chi connectivity index (χ0v) is 21.0. The van der Waals surface area contributed by atoms with Gasteiger partial charge in [-0.25, -0.2) is 13.8 Å². The van der Waals surface area contributed by atoms with E-state index in [0.717, 1.165) is 16.4 Å². The Bertz CT molecular complexity index is 1390. The number of halogens is 2. The number of aromatic nitrogens is 2. The van der Waals surface area contributed by atoms with Crippen LogP contribution >= 0.6 is 15.9 Å². The van der Waals surface area contributed by atoms with Crippen molar-refractivity contribution in [2.75, 3.05) is 5.06 Å². The molecule has 0 saturated carbocycles. The van der Waals surface area contributed by atoms with Crippen molar-refractivity contribution >= 4 is 33.4 Å². The number of nitrogens with zero attached hydrogens (tertiary/aromatic N) is 5. The highest BCUT2D eigenvalue weighted by Gasteiger charge is 2.40. The molecule has 2 aromatic carbocycles. The Kier molecular flexibility index (Phi) is 6.43. The van der Waals surface area contributed by atoms with Gasteiger partial charge in [-0.2, -0.15) is 5.06 Å². The number of rotatable bonds is 7. The molecule has 0 unspecified atom stereocenters. The van der Waals surface area contributed by atoms with Crippen LogP contribution in [0.2, 0.25) is 0 Å². The Labute approximate surface area is 213 Å². The molecule has 0 aliphatic carbocycles. The molecule has 0 saturated heterocycles. The highest BCUT2D eigenvalue weighted by Crippen LogP contribution is 2.35. The summed E-state index contributed by atoms with van der Waals surface area (Å²) in [5, 5.41) is 21.3. The Morgan fingerprint density at radius 1 is 1.25 bits per heavy atom. The fraction of sp³-hybridized carbons (Fsp3) is 0.182. The molecule has 0 atom stereocenters. The monoisotopic (exact) mass is 560 g/mol. The van der Waals surface area contributed by atoms with Crippen LogP contribution in [0.15, 0.2) is 64.7 Å². The molecule has 0 amide bonds. The molecule has 5 N–H and O–H groups in total. The summed E-state index contributed by atoms with van der Waals surface area (Å²) in [6.07, 6.45) is 1.32. The number of nitrogens with two attached hydrogens (primary N) is 2. The summed E-state index contributed by atoms with van der Waals surface area (Å²) < 4.78 is 15.2. The molecule has 1 aliphatic rings. The summed E-state index contributed by atoms with van der Waals surface area (Å²) in [5.41, 5.74) is 13.3. The molecule has 0 radical (unpaired) electrons. The first kappa shape index (κ1) is 25.1. The molecule has 2 heterocycles. The zero-order valence-electron chi connectivity index (χ0n) is 19.4. The maximum Gasteiger partial charge on any atom is 0.434 e. The average molecular weight is 561 g/mol. The van der Waals surface area contributed by atoms with Crippen LogP contribution in [-0.2, 0) is 22.4 Å². The predicted molar refractivity (Wildman–Crippen MR) is 132 cm³/mol. The molecule has 36 heavy (non-hydrogen) atoms. The van der Waals surface area contributed by atoms with E-state index in [4.69, 9.17) is 26.7 Å². The standard InChI is InChI=1S/C22H22BrFN8O4/c1-22(2,17-11-28-21(29(17)3)31(33)34)35-32-20(27)18(19(25)26)30(36-32)14-7-4-12(5-8-14)13-6-9-16(24)15(23)10-13/h4-11H,27H2,1-3H3,(H3,25,26). The molecule has 1 aliphatic heterocycles. The second-order valence-electron chi connectivity index (χ2n) is 8.32. The lowest BCUT2D eigenvalue weighted by Crippen LogP contribution is -2.36. The van der Waals surface area contributed by atoms with Crippen molar-refractivity contribution in [2.45, 2.75) is 19.4 Å². The van der Waals surface area contributed by atoms with Gasteiger partial charge in [-0.1, -0.05) is 28.4 Å². The molecular weight excluding hydrogens is 539 g/mol. The fourth-order valence-corrected chi connectivity index (χ4v) is 4.07. The first-order chi connectivity index (χ1) is 16.9. The number of nitrogens with one attached hydrogen (secondary N) is 1. The van der Waals surface area contributed by atoms with Crippen molar-refractivity contribution in [2.24, 2.45) is 18.5 Å². The van der Waals surface area contributed by atoms with E-state index in [0.29, 0.717) is 15.9 Å². The van der Waals surface area contributed by atoms with Crippen molar-refractivity contribution in [1.82, 2.24) is 14.8 Å². The van der Waals surface area contributed by atoms with E-state index in [2.05, 4.69) is 20.9 Å². The Morgan fingerprint density at radius 3 is 2.44 bits per heavy atom. The minimum Gasteiger partial charge on any atom is -0.390 e. The number of hydroxylamine groups is 3. The van der Waals surface area contributed by atoms with E-state index in [1.807, 2.05) is 0 Å². The maximum atomic E-state index is 13.6. The summed E-state index contributed by atoms with van der Waals surface area (Å²) in [6.45, 7) is 3.30. The van der Waals surface area contributed by atoms with Crippen molar-refractivity contribution in [3.05, 3.63) is 86.3 Å². The number of imidazole rings is 1. The van der Waals surface area contributed by atoms with E-state index in [1.165, 1.54) is 28.9 Å². The SMILES string of the molecule is Cn1c(C(C)(C)ON2ON(c3ccc(-c4ccc(F)c(Br)c4)cc3)C(C(=N)N)=C2N)cnc1[N+](=O)[O-]. The topological polar surface area (TPSA) is 162 Å². The number of hydrogen-bond acceptors (Lipinski definition) is 9. The van der Waals surface area contributed by atoms with E-state index in [1.54, 1.807) is 50.2 Å². The van der Waals surface area contributed by atoms with Crippen LogP contribution in [0.4, 0.5) is 16.0 Å². The van der Waals surface area contributed by atoms with Gasteiger partial charge in [0.15, 0.2) is 17.1 Å². The van der Waals surface area contributed by atoms with E-state index in [-0.39, 0.29) is 29.1 Å². The van der Waals surface area contributed by atoms with Gasteiger partial charge >= 0.3 is 5.95 Å². The van der Waals surface area contributed by atoms with Crippen LogP contribution in [-0.4, -0.2) is 25.5 Å². The fourth-order valence-electron chi connectivity index (χ4n) is 3.69. The van der Waals surface area contributed by atoms with Crippen molar-refractivity contribution in [3.63, 3.8) is 0 Å². The minimum absolute atomic E-state index is 0.0408. The van der Waals surface area contributed by atoms with Gasteiger partial charge in [0, 0.05) is 0 Å². The molecule has 0 spiro atoms. The number of nitro groups is 1. The third-order valence-electron chi connectivity index (χ3n) is 5.46. The average Bonchev–Trinajstić information content (AvgIpc) is 3.36. The lowest BCUT2D eigenvalue weighted by atomic mass is 10.1. The number of hydrogen-bond donors (Lipinski definition) is 3. The smallest absolute Gasteiger partial charge is 0.390 e. The van der Waals surface area contributed by atoms with Crippen LogP contribution in [0.1, 0.15) is 19.5 Å². The van der Waals surface area contributed by atoms with Crippen molar-refractivity contribution in [3.8, 4) is 11.1 Å². The Morgan fingerprint density at radius 2 is 1.89 bits per heavy atom. The lowest BCUT2D eigenvalue weighted by Gasteiger charge is -2.28. The van der Waals surface area contributed by atoms with Crippen LogP contribution < -0.4 is 16.5 Å². The number of benzene rings is 2. The summed E-state index contributed by atoms with van der Waals surface area (Å²) >= 11 is 3.18. The number of amidine groups is 1. The molecule has 188 valence electrons. The minimum atomic E-state index is -1.18. The third-order valence-corrected chi connectivity index (χ3v) is 6.07. The van der Waals surface area contributed by atoms with E-state index >= 15 is 0 Å². The van der Waals surface area contributed by atoms with Crippen molar-refractivity contribution in [1.29, 1.82) is 5.41 Å². The lowest BCUT2D eigenvalue weighted by molar-refractivity contribution is -0.397. The Balaban J connectivity index is 1.61. The third kappa shape index (κ3) is 4.48. The normalized spacial score (nSPS) is 14.0. The molecule has 3 aromatic rings. The zero-order chi connectivity index (χ0) is 26.4. The van der Waals surface area contributed by atoms with Crippen molar-refractivity contribution < 1.29 is 19.1 Å². The predicted octanol–water partition coefficient (Wildman–Crippen LogP) is 3.80. The van der Waals surface area contributed by atoms with E-state index in [9.17, 15) is 14.5 Å². The van der Waals surface area contributed by atoms with Gasteiger partial charge in [0.25, 0.3) is 0 Å². The molecule has 0 fully saturated rings. The summed E-state index contributed by atoms with van der Waals surface area (Å²) in [7, 11) is 1.49. The van der Waals surface area contributed by atoms with Gasteiger partial charge in [-0.05, 0) is 70.1 Å². The molecule has 1 aromatic heterocycles. The quantitative estimate of drug-likeness (QED) is 0.169. The largest absolute Gasteiger partial charge is 0.434 e. The number of anilines is 1. The summed E-state index contributed by atoms with van der Waals surface area (Å²) in [4.78, 5) is 26.1. The first-order valence-corrected chi connectivity index (χ1v) is 11.2. The maximum absolute atomic E-state index is 13.6. The highest BCUT2D eigenvalue weighted by molar-refractivity contribution is 9.10. The van der Waals surface area contributed by atoms with Gasteiger partial charge in [0.05, 0.1) is 17.2 Å². The van der Waals surface area contributed by atoms with Gasteiger partial charge in [0.2, 0.25) is 0 Å².